The van der Waals surface area contributed by atoms with E-state index in [4.69, 9.17) is 0 Å². The third kappa shape index (κ3) is 2.55. The fraction of sp³-hybridized carbons (Fsp3) is 0. The molecule has 0 aliphatic heterocycles. The fourth-order valence-corrected chi connectivity index (χ4v) is 2.91. The Kier molecular flexibility index (Phi) is 3.46. The molecule has 3 rings (SSSR count). The number of benzene rings is 2. The van der Waals surface area contributed by atoms with Gasteiger partial charge in [0.1, 0.15) is 5.01 Å². The van der Waals surface area contributed by atoms with Gasteiger partial charge in [0.05, 0.1) is 5.69 Å². The van der Waals surface area contributed by atoms with Crippen molar-refractivity contribution < 1.29 is 10.2 Å². The molecule has 0 unspecified atom stereocenters. The predicted octanol–water partition coefficient (Wildman–Crippen LogP) is 4.65. The highest BCUT2D eigenvalue weighted by atomic mass is 79.9. The number of thiazole rings is 1. The second kappa shape index (κ2) is 5.26. The standard InChI is InChI=1S/C15H10BrNO2S/c16-11-4-1-9(2-5-11)15-17-12(8-20-15)10-3-6-13(18)14(19)7-10/h1-8,18-19H. The third-order valence-electron chi connectivity index (χ3n) is 2.87. The van der Waals surface area contributed by atoms with Gasteiger partial charge in [0, 0.05) is 21.0 Å². The van der Waals surface area contributed by atoms with Gasteiger partial charge in [-0.05, 0) is 30.3 Å². The number of hydrogen-bond donors (Lipinski definition) is 2. The molecule has 100 valence electrons. The predicted molar refractivity (Wildman–Crippen MR) is 84.0 cm³/mol. The van der Waals surface area contributed by atoms with Crippen molar-refractivity contribution in [2.24, 2.45) is 0 Å². The zero-order valence-electron chi connectivity index (χ0n) is 10.2. The maximum absolute atomic E-state index is 9.54. The van der Waals surface area contributed by atoms with Crippen molar-refractivity contribution >= 4 is 27.3 Å². The molecule has 0 aliphatic carbocycles. The Labute approximate surface area is 128 Å². The highest BCUT2D eigenvalue weighted by Gasteiger charge is 2.08. The monoisotopic (exact) mass is 347 g/mol. The van der Waals surface area contributed by atoms with E-state index in [1.165, 1.54) is 12.1 Å². The lowest BCUT2D eigenvalue weighted by atomic mass is 10.1. The number of phenols is 2. The van der Waals surface area contributed by atoms with Crippen molar-refractivity contribution in [1.82, 2.24) is 4.98 Å². The van der Waals surface area contributed by atoms with E-state index in [1.54, 1.807) is 17.4 Å². The molecule has 0 amide bonds. The van der Waals surface area contributed by atoms with Crippen molar-refractivity contribution in [3.8, 4) is 33.3 Å². The van der Waals surface area contributed by atoms with Crippen LogP contribution in [0, 0.1) is 0 Å². The van der Waals surface area contributed by atoms with Crippen LogP contribution in [0.2, 0.25) is 0 Å². The molecule has 0 bridgehead atoms. The summed E-state index contributed by atoms with van der Waals surface area (Å²) in [4.78, 5) is 4.56. The number of hydrogen-bond acceptors (Lipinski definition) is 4. The van der Waals surface area contributed by atoms with Crippen LogP contribution in [0.25, 0.3) is 21.8 Å². The average molecular weight is 348 g/mol. The normalized spacial score (nSPS) is 10.7. The molecule has 2 aromatic carbocycles. The zero-order valence-corrected chi connectivity index (χ0v) is 12.6. The number of aromatic nitrogens is 1. The molecule has 3 aromatic rings. The highest BCUT2D eigenvalue weighted by Crippen LogP contribution is 2.33. The molecular weight excluding hydrogens is 338 g/mol. The summed E-state index contributed by atoms with van der Waals surface area (Å²) < 4.78 is 1.03. The minimum absolute atomic E-state index is 0.128. The van der Waals surface area contributed by atoms with Crippen molar-refractivity contribution in [3.63, 3.8) is 0 Å². The summed E-state index contributed by atoms with van der Waals surface area (Å²) in [6.45, 7) is 0. The first-order valence-corrected chi connectivity index (χ1v) is 7.54. The van der Waals surface area contributed by atoms with Gasteiger partial charge in [-0.1, -0.05) is 28.1 Å². The Hall–Kier alpha value is -1.85. The smallest absolute Gasteiger partial charge is 0.158 e. The van der Waals surface area contributed by atoms with Crippen LogP contribution in [0.15, 0.2) is 52.3 Å². The van der Waals surface area contributed by atoms with Crippen LogP contribution >= 0.6 is 27.3 Å². The largest absolute Gasteiger partial charge is 0.504 e. The Bertz CT molecular complexity index is 753. The summed E-state index contributed by atoms with van der Waals surface area (Å²) in [7, 11) is 0. The molecule has 0 aliphatic rings. The van der Waals surface area contributed by atoms with E-state index in [2.05, 4.69) is 20.9 Å². The molecule has 0 radical (unpaired) electrons. The van der Waals surface area contributed by atoms with E-state index in [-0.39, 0.29) is 11.5 Å². The van der Waals surface area contributed by atoms with Gasteiger partial charge >= 0.3 is 0 Å². The molecular formula is C15H10BrNO2S. The van der Waals surface area contributed by atoms with Crippen LogP contribution < -0.4 is 0 Å². The molecule has 0 fully saturated rings. The lowest BCUT2D eigenvalue weighted by molar-refractivity contribution is 0.404. The number of phenolic OH excluding ortho intramolecular Hbond substituents is 2. The van der Waals surface area contributed by atoms with Crippen LogP contribution in [-0.2, 0) is 0 Å². The van der Waals surface area contributed by atoms with Crippen LogP contribution in [-0.4, -0.2) is 15.2 Å². The van der Waals surface area contributed by atoms with Gasteiger partial charge in [-0.25, -0.2) is 4.98 Å². The second-order valence-corrected chi connectivity index (χ2v) is 6.02. The second-order valence-electron chi connectivity index (χ2n) is 4.25. The van der Waals surface area contributed by atoms with Crippen molar-refractivity contribution in [1.29, 1.82) is 0 Å². The Morgan fingerprint density at radius 3 is 2.30 bits per heavy atom. The van der Waals surface area contributed by atoms with Crippen LogP contribution in [0.5, 0.6) is 11.5 Å². The summed E-state index contributed by atoms with van der Waals surface area (Å²) in [5.74, 6) is -0.266. The highest BCUT2D eigenvalue weighted by molar-refractivity contribution is 9.10. The van der Waals surface area contributed by atoms with Gasteiger partial charge in [0.15, 0.2) is 11.5 Å². The zero-order chi connectivity index (χ0) is 14.1. The summed E-state index contributed by atoms with van der Waals surface area (Å²) >= 11 is 4.95. The lowest BCUT2D eigenvalue weighted by Gasteiger charge is -2.00. The number of halogens is 1. The van der Waals surface area contributed by atoms with Gasteiger partial charge in [-0.3, -0.25) is 0 Å². The Morgan fingerprint density at radius 1 is 0.900 bits per heavy atom. The Morgan fingerprint density at radius 2 is 1.60 bits per heavy atom. The number of aromatic hydroxyl groups is 2. The van der Waals surface area contributed by atoms with Gasteiger partial charge < -0.3 is 10.2 Å². The van der Waals surface area contributed by atoms with Gasteiger partial charge in [-0.2, -0.15) is 0 Å². The summed E-state index contributed by atoms with van der Waals surface area (Å²) in [5.41, 5.74) is 2.61. The minimum Gasteiger partial charge on any atom is -0.504 e. The molecule has 2 N–H and O–H groups in total. The molecule has 0 spiro atoms. The number of nitrogens with zero attached hydrogens (tertiary/aromatic N) is 1. The average Bonchev–Trinajstić information content (AvgIpc) is 2.92. The fourth-order valence-electron chi connectivity index (χ4n) is 1.81. The summed E-state index contributed by atoms with van der Waals surface area (Å²) in [6.07, 6.45) is 0. The van der Waals surface area contributed by atoms with E-state index in [0.717, 1.165) is 26.3 Å². The molecule has 5 heteroatoms. The molecule has 0 atom stereocenters. The molecule has 20 heavy (non-hydrogen) atoms. The minimum atomic E-state index is -0.138. The van der Waals surface area contributed by atoms with Gasteiger partial charge in [0.25, 0.3) is 0 Å². The first-order chi connectivity index (χ1) is 9.63. The maximum Gasteiger partial charge on any atom is 0.158 e. The molecule has 0 saturated heterocycles. The Balaban J connectivity index is 1.97. The van der Waals surface area contributed by atoms with Crippen molar-refractivity contribution in [3.05, 3.63) is 52.3 Å². The summed E-state index contributed by atoms with van der Waals surface area (Å²) in [6, 6.07) is 12.7. The van der Waals surface area contributed by atoms with E-state index in [1.807, 2.05) is 29.6 Å². The van der Waals surface area contributed by atoms with Crippen molar-refractivity contribution in [2.75, 3.05) is 0 Å². The lowest BCUT2D eigenvalue weighted by Crippen LogP contribution is -1.80. The van der Waals surface area contributed by atoms with Gasteiger partial charge in [0.2, 0.25) is 0 Å². The van der Waals surface area contributed by atoms with Gasteiger partial charge in [-0.15, -0.1) is 11.3 Å². The SMILES string of the molecule is Oc1ccc(-c2csc(-c3ccc(Br)cc3)n2)cc1O. The van der Waals surface area contributed by atoms with Crippen LogP contribution in [0.4, 0.5) is 0 Å². The third-order valence-corrected chi connectivity index (χ3v) is 4.29. The molecule has 0 saturated carbocycles. The first kappa shape index (κ1) is 13.1. The first-order valence-electron chi connectivity index (χ1n) is 5.87. The maximum atomic E-state index is 9.54. The number of rotatable bonds is 2. The van der Waals surface area contributed by atoms with E-state index in [9.17, 15) is 10.2 Å². The van der Waals surface area contributed by atoms with E-state index in [0.29, 0.717) is 0 Å². The molecule has 1 heterocycles. The molecule has 3 nitrogen and oxygen atoms in total. The topological polar surface area (TPSA) is 53.4 Å². The summed E-state index contributed by atoms with van der Waals surface area (Å²) in [5, 5.41) is 21.7. The quantitative estimate of drug-likeness (QED) is 0.663. The van der Waals surface area contributed by atoms with E-state index >= 15 is 0 Å². The molecule has 1 aromatic heterocycles. The van der Waals surface area contributed by atoms with E-state index < -0.39 is 0 Å². The van der Waals surface area contributed by atoms with Crippen molar-refractivity contribution in [2.45, 2.75) is 0 Å². The van der Waals surface area contributed by atoms with Crippen LogP contribution in [0.1, 0.15) is 0 Å². The van der Waals surface area contributed by atoms with Crippen LogP contribution in [0.3, 0.4) is 0 Å².